The van der Waals surface area contributed by atoms with Crippen molar-refractivity contribution in [2.45, 2.75) is 45.8 Å². The molecule has 0 bridgehead atoms. The zero-order valence-electron chi connectivity index (χ0n) is 10.6. The lowest BCUT2D eigenvalue weighted by molar-refractivity contribution is 0.0714. The summed E-state index contributed by atoms with van der Waals surface area (Å²) in [7, 11) is 1.50. The van der Waals surface area contributed by atoms with Crippen LogP contribution < -0.4 is 4.74 Å². The maximum Gasteiger partial charge on any atom is 0.213 e. The van der Waals surface area contributed by atoms with Gasteiger partial charge in [0.2, 0.25) is 5.78 Å². The highest BCUT2D eigenvalue weighted by Gasteiger charge is 2.24. The molecule has 5 heteroatoms. The van der Waals surface area contributed by atoms with Gasteiger partial charge in [-0.25, -0.2) is 0 Å². The minimum atomic E-state index is -0.971. The predicted octanol–water partition coefficient (Wildman–Crippen LogP) is 1.65. The molecule has 0 fully saturated rings. The van der Waals surface area contributed by atoms with E-state index in [0.717, 1.165) is 12.8 Å². The fraction of sp³-hybridized carbons (Fsp3) is 0.667. The molecule has 0 aliphatic rings. The second kappa shape index (κ2) is 6.39. The zero-order valence-corrected chi connectivity index (χ0v) is 10.6. The van der Waals surface area contributed by atoms with E-state index >= 15 is 0 Å². The number of rotatable bonds is 7. The van der Waals surface area contributed by atoms with Crippen molar-refractivity contribution in [2.24, 2.45) is 0 Å². The largest absolute Gasteiger partial charge is 0.493 e. The van der Waals surface area contributed by atoms with Crippen LogP contribution in [0.4, 0.5) is 0 Å². The standard InChI is InChI=1S/C12H20N2O3/c1-4-6-9(15)12(16)11-10(17-3)8-13-14(11)7-5-2/h8-9,15H,4-7H2,1-3H3. The molecule has 1 N–H and O–H groups in total. The minimum absolute atomic E-state index is 0.311. The molecule has 1 heterocycles. The first-order chi connectivity index (χ1) is 8.15. The maximum absolute atomic E-state index is 12.1. The van der Waals surface area contributed by atoms with Crippen LogP contribution in [-0.2, 0) is 6.54 Å². The Hall–Kier alpha value is -1.36. The molecule has 0 aromatic carbocycles. The molecule has 1 rings (SSSR count). The third-order valence-electron chi connectivity index (χ3n) is 2.56. The summed E-state index contributed by atoms with van der Waals surface area (Å²) < 4.78 is 6.70. The van der Waals surface area contributed by atoms with E-state index in [4.69, 9.17) is 4.74 Å². The molecule has 5 nitrogen and oxygen atoms in total. The quantitative estimate of drug-likeness (QED) is 0.736. The summed E-state index contributed by atoms with van der Waals surface area (Å²) in [6, 6.07) is 0. The second-order valence-corrected chi connectivity index (χ2v) is 3.95. The first-order valence-electron chi connectivity index (χ1n) is 5.97. The molecular formula is C12H20N2O3. The highest BCUT2D eigenvalue weighted by atomic mass is 16.5. The summed E-state index contributed by atoms with van der Waals surface area (Å²) in [5.74, 6) is 0.119. The fourth-order valence-electron chi connectivity index (χ4n) is 1.71. The average molecular weight is 240 g/mol. The highest BCUT2D eigenvalue weighted by molar-refractivity contribution is 6.00. The Balaban J connectivity index is 3.00. The number of aryl methyl sites for hydroxylation is 1. The van der Waals surface area contributed by atoms with Crippen LogP contribution in [0.15, 0.2) is 6.20 Å². The van der Waals surface area contributed by atoms with Gasteiger partial charge >= 0.3 is 0 Å². The van der Waals surface area contributed by atoms with Gasteiger partial charge in [-0.05, 0) is 12.8 Å². The number of ether oxygens (including phenoxy) is 1. The molecule has 1 atom stereocenters. The van der Waals surface area contributed by atoms with Gasteiger partial charge in [-0.3, -0.25) is 9.48 Å². The molecular weight excluding hydrogens is 220 g/mol. The van der Waals surface area contributed by atoms with Crippen molar-refractivity contribution >= 4 is 5.78 Å². The first kappa shape index (κ1) is 13.7. The van der Waals surface area contributed by atoms with Gasteiger partial charge in [0.1, 0.15) is 11.8 Å². The topological polar surface area (TPSA) is 64.3 Å². The molecule has 1 aromatic rings. The van der Waals surface area contributed by atoms with Crippen LogP contribution in [0.25, 0.3) is 0 Å². The number of aromatic nitrogens is 2. The molecule has 1 unspecified atom stereocenters. The number of hydrogen-bond donors (Lipinski definition) is 1. The van der Waals surface area contributed by atoms with Crippen LogP contribution in [0, 0.1) is 0 Å². The summed E-state index contributed by atoms with van der Waals surface area (Å²) in [5.41, 5.74) is 0.371. The Bertz CT molecular complexity index is 374. The van der Waals surface area contributed by atoms with E-state index in [-0.39, 0.29) is 5.78 Å². The van der Waals surface area contributed by atoms with Crippen LogP contribution in [0.1, 0.15) is 43.6 Å². The smallest absolute Gasteiger partial charge is 0.213 e. The normalized spacial score (nSPS) is 12.5. The van der Waals surface area contributed by atoms with Gasteiger partial charge < -0.3 is 9.84 Å². The molecule has 0 spiro atoms. The van der Waals surface area contributed by atoms with Gasteiger partial charge in [-0.15, -0.1) is 0 Å². The van der Waals surface area contributed by atoms with Crippen LogP contribution in [0.5, 0.6) is 5.75 Å². The zero-order chi connectivity index (χ0) is 12.8. The molecule has 17 heavy (non-hydrogen) atoms. The van der Waals surface area contributed by atoms with E-state index < -0.39 is 6.10 Å². The molecule has 0 radical (unpaired) electrons. The number of aliphatic hydroxyl groups excluding tert-OH is 1. The van der Waals surface area contributed by atoms with Gasteiger partial charge in [-0.2, -0.15) is 5.10 Å². The van der Waals surface area contributed by atoms with Gasteiger partial charge in [-0.1, -0.05) is 20.3 Å². The number of nitrogens with zero attached hydrogens (tertiary/aromatic N) is 2. The van der Waals surface area contributed by atoms with Crippen molar-refractivity contribution in [3.63, 3.8) is 0 Å². The number of hydrogen-bond acceptors (Lipinski definition) is 4. The molecule has 0 saturated carbocycles. The number of carbonyl (C=O) groups excluding carboxylic acids is 1. The van der Waals surface area contributed by atoms with E-state index in [0.29, 0.717) is 24.4 Å². The van der Waals surface area contributed by atoms with Crippen molar-refractivity contribution < 1.29 is 14.6 Å². The number of Topliss-reactive ketones (excluding diaryl/α,β-unsaturated/α-hetero) is 1. The monoisotopic (exact) mass is 240 g/mol. The van der Waals surface area contributed by atoms with Crippen molar-refractivity contribution in [1.82, 2.24) is 9.78 Å². The lowest BCUT2D eigenvalue weighted by atomic mass is 10.1. The third-order valence-corrected chi connectivity index (χ3v) is 2.56. The fourth-order valence-corrected chi connectivity index (χ4v) is 1.71. The van der Waals surface area contributed by atoms with Crippen LogP contribution in [-0.4, -0.2) is 33.9 Å². The molecule has 0 aliphatic heterocycles. The van der Waals surface area contributed by atoms with Gasteiger partial charge in [0.05, 0.1) is 13.3 Å². The van der Waals surface area contributed by atoms with E-state index in [9.17, 15) is 9.90 Å². The Morgan fingerprint density at radius 2 is 2.24 bits per heavy atom. The summed E-state index contributed by atoms with van der Waals surface area (Å²) in [6.07, 6.45) is 2.63. The Labute approximate surface area is 101 Å². The van der Waals surface area contributed by atoms with Crippen molar-refractivity contribution in [1.29, 1.82) is 0 Å². The molecule has 96 valence electrons. The first-order valence-corrected chi connectivity index (χ1v) is 5.97. The van der Waals surface area contributed by atoms with Gasteiger partial charge in [0, 0.05) is 6.54 Å². The second-order valence-electron chi connectivity index (χ2n) is 3.95. The van der Waals surface area contributed by atoms with E-state index in [1.54, 1.807) is 4.68 Å². The number of carbonyl (C=O) groups is 1. The number of methoxy groups -OCH3 is 1. The molecule has 1 aromatic heterocycles. The molecule has 0 aliphatic carbocycles. The van der Waals surface area contributed by atoms with Crippen LogP contribution in [0.3, 0.4) is 0 Å². The van der Waals surface area contributed by atoms with Crippen molar-refractivity contribution in [3.8, 4) is 5.75 Å². The maximum atomic E-state index is 12.1. The van der Waals surface area contributed by atoms with Crippen LogP contribution >= 0.6 is 0 Å². The van der Waals surface area contributed by atoms with Gasteiger partial charge in [0.15, 0.2) is 5.75 Å². The lowest BCUT2D eigenvalue weighted by Gasteiger charge is -2.11. The van der Waals surface area contributed by atoms with Crippen molar-refractivity contribution in [2.75, 3.05) is 7.11 Å². The van der Waals surface area contributed by atoms with Gasteiger partial charge in [0.25, 0.3) is 0 Å². The number of ketones is 1. The SMILES string of the molecule is CCCC(O)C(=O)c1c(OC)cnn1CCC. The summed E-state index contributed by atoms with van der Waals surface area (Å²) >= 11 is 0. The van der Waals surface area contributed by atoms with Crippen LogP contribution in [0.2, 0.25) is 0 Å². The van der Waals surface area contributed by atoms with E-state index in [1.165, 1.54) is 13.3 Å². The number of aliphatic hydroxyl groups is 1. The Morgan fingerprint density at radius 3 is 2.76 bits per heavy atom. The highest BCUT2D eigenvalue weighted by Crippen LogP contribution is 2.20. The van der Waals surface area contributed by atoms with E-state index in [2.05, 4.69) is 5.10 Å². The summed E-state index contributed by atoms with van der Waals surface area (Å²) in [6.45, 7) is 4.57. The Morgan fingerprint density at radius 1 is 1.53 bits per heavy atom. The molecule has 0 saturated heterocycles. The average Bonchev–Trinajstić information content (AvgIpc) is 2.72. The minimum Gasteiger partial charge on any atom is -0.493 e. The lowest BCUT2D eigenvalue weighted by Crippen LogP contribution is -2.24. The Kier molecular flexibility index (Phi) is 5.15. The van der Waals surface area contributed by atoms with E-state index in [1.807, 2.05) is 13.8 Å². The summed E-state index contributed by atoms with van der Waals surface area (Å²) in [4.78, 5) is 12.1. The third kappa shape index (κ3) is 3.06. The van der Waals surface area contributed by atoms with Crippen molar-refractivity contribution in [3.05, 3.63) is 11.9 Å². The molecule has 0 amide bonds. The predicted molar refractivity (Wildman–Crippen MR) is 64.3 cm³/mol. The summed E-state index contributed by atoms with van der Waals surface area (Å²) in [5, 5.41) is 13.9.